The minimum Gasteiger partial charge on any atom is -0.373 e. The Labute approximate surface area is 232 Å². The smallest absolute Gasteiger partial charge is 0.277 e. The van der Waals surface area contributed by atoms with Crippen LogP contribution < -0.4 is 11.1 Å². The molecule has 0 N–H and O–H groups in total. The Bertz CT molecular complexity index is 1760. The van der Waals surface area contributed by atoms with Crippen molar-refractivity contribution in [2.24, 2.45) is 0 Å². The molecule has 1 aliphatic heterocycles. The number of aryl methyl sites for hydroxylation is 1. The molecule has 1 aromatic carbocycles. The number of hydrogen-bond acceptors (Lipinski definition) is 5. The summed E-state index contributed by atoms with van der Waals surface area (Å²) in [7, 11) is 0. The van der Waals surface area contributed by atoms with Crippen molar-refractivity contribution < 1.29 is 17.9 Å². The average Bonchev–Trinajstić information content (AvgIpc) is 2.91. The van der Waals surface area contributed by atoms with E-state index < -0.39 is 23.9 Å². The molecule has 11 heteroatoms. The van der Waals surface area contributed by atoms with Crippen LogP contribution in [-0.2, 0) is 4.74 Å². The number of aromatic nitrogens is 4. The van der Waals surface area contributed by atoms with Crippen LogP contribution in [0.3, 0.4) is 0 Å². The van der Waals surface area contributed by atoms with Crippen LogP contribution in [0.15, 0.2) is 52.2 Å². The van der Waals surface area contributed by atoms with Crippen molar-refractivity contribution >= 4 is 17.2 Å². The van der Waals surface area contributed by atoms with E-state index in [-0.39, 0.29) is 46.1 Å². The van der Waals surface area contributed by atoms with Crippen molar-refractivity contribution in [2.45, 2.75) is 63.5 Å². The molecule has 2 atom stereocenters. The molecule has 2 fully saturated rings. The summed E-state index contributed by atoms with van der Waals surface area (Å²) in [6, 6.07) is 8.59. The highest BCUT2D eigenvalue weighted by Crippen LogP contribution is 2.45. The normalized spacial score (nSPS) is 20.9. The van der Waals surface area contributed by atoms with E-state index in [0.717, 1.165) is 0 Å². The first-order chi connectivity index (χ1) is 19.0. The predicted octanol–water partition coefficient (Wildman–Crippen LogP) is 5.93. The Kier molecular flexibility index (Phi) is 6.58. The largest absolute Gasteiger partial charge is 0.373 e. The molecular formula is C29H26ClF3N4O3. The fraction of sp³-hybridized carbons (Fsp3) is 0.379. The Hall–Kier alpha value is -3.50. The van der Waals surface area contributed by atoms with Crippen LogP contribution in [0.5, 0.6) is 0 Å². The molecule has 3 aromatic heterocycles. The second kappa shape index (κ2) is 9.85. The van der Waals surface area contributed by atoms with E-state index in [9.17, 15) is 18.4 Å². The van der Waals surface area contributed by atoms with Gasteiger partial charge in [0.05, 0.1) is 11.8 Å². The maximum Gasteiger partial charge on any atom is 0.277 e. The number of pyridine rings is 1. The van der Waals surface area contributed by atoms with Gasteiger partial charge in [0.25, 0.3) is 17.0 Å². The van der Waals surface area contributed by atoms with Gasteiger partial charge in [-0.3, -0.25) is 9.59 Å². The number of ether oxygens (including phenoxy) is 1. The lowest BCUT2D eigenvalue weighted by molar-refractivity contribution is -0.105. The van der Waals surface area contributed by atoms with Crippen LogP contribution in [0.1, 0.15) is 66.3 Å². The highest BCUT2D eigenvalue weighted by Gasteiger charge is 2.46. The summed E-state index contributed by atoms with van der Waals surface area (Å²) in [6.45, 7) is 3.77. The summed E-state index contributed by atoms with van der Waals surface area (Å²) in [5, 5.41) is 4.91. The van der Waals surface area contributed by atoms with Crippen LogP contribution in [0.25, 0.3) is 16.8 Å². The van der Waals surface area contributed by atoms with Crippen LogP contribution in [0.4, 0.5) is 13.2 Å². The first kappa shape index (κ1) is 26.7. The van der Waals surface area contributed by atoms with Crippen LogP contribution in [0, 0.1) is 19.7 Å². The Morgan fingerprint density at radius 3 is 2.58 bits per heavy atom. The van der Waals surface area contributed by atoms with Crippen molar-refractivity contribution in [3.05, 3.63) is 96.7 Å². The second-order valence-electron chi connectivity index (χ2n) is 10.7. The van der Waals surface area contributed by atoms with Gasteiger partial charge in [0.15, 0.2) is 5.65 Å². The third-order valence-electron chi connectivity index (χ3n) is 8.00. The fourth-order valence-electron chi connectivity index (χ4n) is 5.55. The van der Waals surface area contributed by atoms with Crippen LogP contribution in [0.2, 0.25) is 5.02 Å². The fourth-order valence-corrected chi connectivity index (χ4v) is 5.71. The lowest BCUT2D eigenvalue weighted by Crippen LogP contribution is -2.41. The summed E-state index contributed by atoms with van der Waals surface area (Å²) in [5.41, 5.74) is 2.48. The number of hydrogen-bond donors (Lipinski definition) is 0. The quantitative estimate of drug-likeness (QED) is 0.304. The topological polar surface area (TPSA) is 78.5 Å². The van der Waals surface area contributed by atoms with Crippen LogP contribution >= 0.6 is 11.6 Å². The lowest BCUT2D eigenvalue weighted by atomic mass is 9.87. The van der Waals surface area contributed by atoms with Gasteiger partial charge in [0.1, 0.15) is 5.82 Å². The van der Waals surface area contributed by atoms with Gasteiger partial charge >= 0.3 is 0 Å². The molecule has 0 radical (unpaired) electrons. The molecule has 6 rings (SSSR count). The third-order valence-corrected chi connectivity index (χ3v) is 8.23. The van der Waals surface area contributed by atoms with Crippen molar-refractivity contribution in [3.63, 3.8) is 0 Å². The molecule has 1 saturated heterocycles. The summed E-state index contributed by atoms with van der Waals surface area (Å²) in [6.07, 6.45) is 1.52. The van der Waals surface area contributed by atoms with Crippen molar-refractivity contribution in [1.29, 1.82) is 0 Å². The number of halogens is 4. The molecular weight excluding hydrogens is 545 g/mol. The molecule has 4 aromatic rings. The number of fused-ring (bicyclic) bond motifs is 1. The van der Waals surface area contributed by atoms with Gasteiger partial charge in [-0.2, -0.15) is 9.61 Å². The molecule has 0 amide bonds. The van der Waals surface area contributed by atoms with E-state index in [0.29, 0.717) is 47.5 Å². The molecule has 4 heterocycles. The zero-order chi connectivity index (χ0) is 28.3. The van der Waals surface area contributed by atoms with Gasteiger partial charge in [-0.1, -0.05) is 11.6 Å². The number of nitrogens with zero attached hydrogens (tertiary/aromatic N) is 4. The zero-order valence-corrected chi connectivity index (χ0v) is 22.6. The number of alkyl halides is 2. The average molecular weight is 571 g/mol. The van der Waals surface area contributed by atoms with Crippen molar-refractivity contribution in [1.82, 2.24) is 19.2 Å². The molecule has 0 spiro atoms. The Morgan fingerprint density at radius 2 is 1.85 bits per heavy atom. The number of rotatable bonds is 4. The molecule has 1 aliphatic carbocycles. The van der Waals surface area contributed by atoms with Gasteiger partial charge in [-0.05, 0) is 62.6 Å². The number of benzene rings is 1. The van der Waals surface area contributed by atoms with E-state index in [1.165, 1.54) is 21.2 Å². The van der Waals surface area contributed by atoms with Crippen molar-refractivity contribution in [2.75, 3.05) is 6.61 Å². The van der Waals surface area contributed by atoms with Crippen LogP contribution in [-0.4, -0.2) is 31.7 Å². The standard InChI is InChI=1S/C29H26ClF3N4O3/c1-15-16(2)34-27-22(21-5-4-19(30)10-23(21)31)11-24(35-37(27)28(15)39)17-7-8-40-25(9-17)18-3-6-26(38)36(14-18)20-12-29(32,33)13-20/h3-6,10-11,14,17,20,25H,7-9,12-13H2,1-2H3. The van der Waals surface area contributed by atoms with Gasteiger partial charge in [0, 0.05) is 71.1 Å². The van der Waals surface area contributed by atoms with E-state index in [4.69, 9.17) is 16.3 Å². The van der Waals surface area contributed by atoms with E-state index in [1.54, 1.807) is 44.3 Å². The van der Waals surface area contributed by atoms with Gasteiger partial charge < -0.3 is 9.30 Å². The predicted molar refractivity (Wildman–Crippen MR) is 144 cm³/mol. The minimum atomic E-state index is -2.75. The summed E-state index contributed by atoms with van der Waals surface area (Å²) < 4.78 is 50.7. The Balaban J connectivity index is 1.40. The first-order valence-electron chi connectivity index (χ1n) is 13.1. The van der Waals surface area contributed by atoms with E-state index in [1.807, 2.05) is 0 Å². The second-order valence-corrected chi connectivity index (χ2v) is 11.1. The minimum absolute atomic E-state index is 0.167. The third kappa shape index (κ3) is 4.73. The zero-order valence-electron chi connectivity index (χ0n) is 21.8. The highest BCUT2D eigenvalue weighted by molar-refractivity contribution is 6.30. The first-order valence-corrected chi connectivity index (χ1v) is 13.5. The molecule has 40 heavy (non-hydrogen) atoms. The lowest BCUT2D eigenvalue weighted by Gasteiger charge is -2.36. The van der Waals surface area contributed by atoms with E-state index >= 15 is 4.39 Å². The summed E-state index contributed by atoms with van der Waals surface area (Å²) >= 11 is 5.99. The maximum absolute atomic E-state index is 15.1. The molecule has 2 unspecified atom stereocenters. The highest BCUT2D eigenvalue weighted by atomic mass is 35.5. The van der Waals surface area contributed by atoms with Crippen molar-refractivity contribution in [3.8, 4) is 11.1 Å². The maximum atomic E-state index is 15.1. The molecule has 208 valence electrons. The van der Waals surface area contributed by atoms with Gasteiger partial charge in [-0.15, -0.1) is 0 Å². The molecule has 7 nitrogen and oxygen atoms in total. The van der Waals surface area contributed by atoms with E-state index in [2.05, 4.69) is 10.1 Å². The van der Waals surface area contributed by atoms with Gasteiger partial charge in [-0.25, -0.2) is 18.2 Å². The Morgan fingerprint density at radius 1 is 1.07 bits per heavy atom. The molecule has 0 bridgehead atoms. The summed E-state index contributed by atoms with van der Waals surface area (Å²) in [5.74, 6) is -3.47. The molecule has 1 saturated carbocycles. The monoisotopic (exact) mass is 570 g/mol. The van der Waals surface area contributed by atoms with Gasteiger partial charge in [0.2, 0.25) is 0 Å². The summed E-state index contributed by atoms with van der Waals surface area (Å²) in [4.78, 5) is 30.2. The molecule has 2 aliphatic rings. The SMILES string of the molecule is Cc1nc2c(-c3ccc(Cl)cc3F)cc(C3CCOC(c4ccc(=O)n(C5CC(F)(F)C5)c4)C3)nn2c(=O)c1C.